The third-order valence-electron chi connectivity index (χ3n) is 9.51. The van der Waals surface area contributed by atoms with E-state index in [1.165, 1.54) is 16.8 Å². The van der Waals surface area contributed by atoms with E-state index in [4.69, 9.17) is 0 Å². The number of piperidine rings is 1. The van der Waals surface area contributed by atoms with E-state index in [1.54, 1.807) is 6.07 Å². The number of fused-ring (bicyclic) bond motifs is 2. The second kappa shape index (κ2) is 14.3. The van der Waals surface area contributed by atoms with Gasteiger partial charge in [-0.15, -0.1) is 11.3 Å². The average molecular weight is 729 g/mol. The molecule has 266 valence electrons. The van der Waals surface area contributed by atoms with Crippen molar-refractivity contribution in [2.24, 2.45) is 0 Å². The lowest BCUT2D eigenvalue weighted by atomic mass is 10.0. The van der Waals surface area contributed by atoms with Crippen molar-refractivity contribution in [3.8, 4) is 6.07 Å². The van der Waals surface area contributed by atoms with E-state index in [2.05, 4.69) is 56.8 Å². The number of rotatable bonds is 12. The largest absolute Gasteiger partial charge is 0.393 e. The van der Waals surface area contributed by atoms with Crippen LogP contribution in [0.25, 0.3) is 21.1 Å². The van der Waals surface area contributed by atoms with Crippen LogP contribution in [0.4, 0.5) is 19.0 Å². The number of carbonyl (C=O) groups is 1. The first kappa shape index (κ1) is 35.8. The number of aromatic nitrogens is 3. The zero-order valence-electron chi connectivity index (χ0n) is 27.9. The molecular weight excluding hydrogens is 690 g/mol. The van der Waals surface area contributed by atoms with Gasteiger partial charge in [0.25, 0.3) is 0 Å². The summed E-state index contributed by atoms with van der Waals surface area (Å²) in [5, 5.41) is 15.1. The zero-order chi connectivity index (χ0) is 35.8. The van der Waals surface area contributed by atoms with Gasteiger partial charge in [0, 0.05) is 73.9 Å². The summed E-state index contributed by atoms with van der Waals surface area (Å²) in [6.07, 6.45) is 0.0961. The van der Waals surface area contributed by atoms with Crippen molar-refractivity contribution in [1.82, 2.24) is 29.2 Å². The molecule has 1 aromatic carbocycles. The standard InChI is InChI=1S/C34H39F3N8O3S2/c1-4-31(46)45(21-50(3,47)48)26-18-43(19-26)11-12-44-25(16-38)13-28-22(2)23(5-6-30(28)44)17-42-9-7-24(8-10-42)41-32-29-14-27(15-34(35,36)37)49-33(29)40-20-39-32/h4-6,13-14,20,24,26H,1,7-12,15,17-19,21H2,2-3H3,(H,39,40,41). The van der Waals surface area contributed by atoms with Gasteiger partial charge < -0.3 is 14.8 Å². The van der Waals surface area contributed by atoms with Gasteiger partial charge in [-0.05, 0) is 55.2 Å². The highest BCUT2D eigenvalue weighted by atomic mass is 32.2. The molecule has 11 nitrogen and oxygen atoms in total. The van der Waals surface area contributed by atoms with Crippen LogP contribution < -0.4 is 5.32 Å². The molecular formula is C34H39F3N8O3S2. The maximum Gasteiger partial charge on any atom is 0.393 e. The lowest BCUT2D eigenvalue weighted by Gasteiger charge is -2.44. The van der Waals surface area contributed by atoms with Crippen LogP contribution in [0.1, 0.15) is 34.5 Å². The Morgan fingerprint density at radius 2 is 1.90 bits per heavy atom. The number of benzene rings is 1. The van der Waals surface area contributed by atoms with Gasteiger partial charge in [0.05, 0.1) is 17.8 Å². The van der Waals surface area contributed by atoms with Gasteiger partial charge in [0.1, 0.15) is 34.6 Å². The first-order valence-corrected chi connectivity index (χ1v) is 19.2. The summed E-state index contributed by atoms with van der Waals surface area (Å²) in [7, 11) is -3.38. The fraction of sp³-hybridized carbons (Fsp3) is 0.471. The number of hydrogen-bond donors (Lipinski definition) is 1. The van der Waals surface area contributed by atoms with Gasteiger partial charge in [-0.25, -0.2) is 18.4 Å². The molecule has 0 saturated carbocycles. The number of nitriles is 1. The maximum atomic E-state index is 12.9. The number of aryl methyl sites for hydroxylation is 1. The number of anilines is 1. The Bertz CT molecular complexity index is 2060. The van der Waals surface area contributed by atoms with Crippen molar-refractivity contribution >= 4 is 54.0 Å². The monoisotopic (exact) mass is 728 g/mol. The van der Waals surface area contributed by atoms with Gasteiger partial charge in [0.2, 0.25) is 5.91 Å². The van der Waals surface area contributed by atoms with Crippen molar-refractivity contribution in [3.05, 3.63) is 64.9 Å². The van der Waals surface area contributed by atoms with Crippen LogP contribution in [0.3, 0.4) is 0 Å². The molecule has 0 radical (unpaired) electrons. The summed E-state index contributed by atoms with van der Waals surface area (Å²) in [6.45, 7) is 10.3. The van der Waals surface area contributed by atoms with Gasteiger partial charge in [-0.1, -0.05) is 12.6 Å². The van der Waals surface area contributed by atoms with E-state index >= 15 is 0 Å². The molecule has 1 amide bonds. The van der Waals surface area contributed by atoms with E-state index in [0.717, 1.165) is 72.6 Å². The van der Waals surface area contributed by atoms with Crippen LogP contribution >= 0.6 is 11.3 Å². The Morgan fingerprint density at radius 3 is 2.56 bits per heavy atom. The fourth-order valence-electron chi connectivity index (χ4n) is 6.88. The van der Waals surface area contributed by atoms with E-state index in [-0.39, 0.29) is 22.8 Å². The molecule has 0 atom stereocenters. The first-order chi connectivity index (χ1) is 23.7. The van der Waals surface area contributed by atoms with Crippen LogP contribution in [0, 0.1) is 18.3 Å². The number of alkyl halides is 3. The highest BCUT2D eigenvalue weighted by Gasteiger charge is 2.35. The van der Waals surface area contributed by atoms with Gasteiger partial charge >= 0.3 is 6.18 Å². The molecule has 5 heterocycles. The molecule has 6 rings (SSSR count). The Kier molecular flexibility index (Phi) is 10.2. The van der Waals surface area contributed by atoms with Crippen molar-refractivity contribution in [1.29, 1.82) is 5.26 Å². The minimum absolute atomic E-state index is 0.137. The Morgan fingerprint density at radius 1 is 1.16 bits per heavy atom. The van der Waals surface area contributed by atoms with E-state index in [1.807, 2.05) is 10.6 Å². The Labute approximate surface area is 292 Å². The second-order valence-electron chi connectivity index (χ2n) is 13.2. The molecule has 0 unspecified atom stereocenters. The Hall–Kier alpha value is -4.04. The van der Waals surface area contributed by atoms with Crippen molar-refractivity contribution < 1.29 is 26.4 Å². The number of nitrogens with zero attached hydrogens (tertiary/aromatic N) is 7. The molecule has 0 spiro atoms. The molecule has 4 aromatic rings. The Balaban J connectivity index is 1.05. The number of sulfone groups is 1. The molecule has 50 heavy (non-hydrogen) atoms. The number of carbonyl (C=O) groups excluding carboxylic acids is 1. The summed E-state index contributed by atoms with van der Waals surface area (Å²) < 4.78 is 64.6. The summed E-state index contributed by atoms with van der Waals surface area (Å²) in [5.74, 6) is -0.169. The van der Waals surface area contributed by atoms with Crippen molar-refractivity contribution in [2.75, 3.05) is 50.2 Å². The van der Waals surface area contributed by atoms with Crippen molar-refractivity contribution in [2.45, 2.75) is 57.5 Å². The first-order valence-electron chi connectivity index (χ1n) is 16.4. The summed E-state index contributed by atoms with van der Waals surface area (Å²) in [5.41, 5.74) is 3.85. The summed E-state index contributed by atoms with van der Waals surface area (Å²) >= 11 is 1.05. The smallest absolute Gasteiger partial charge is 0.367 e. The highest BCUT2D eigenvalue weighted by molar-refractivity contribution is 7.90. The SMILES string of the molecule is C=CC(=O)N(CS(C)(=O)=O)C1CN(CCn2c(C#N)cc3c(C)c(CN4CCC(Nc5ncnc6sc(CC(F)(F)F)cc56)CC4)ccc32)C1. The van der Waals surface area contributed by atoms with Crippen LogP contribution in [-0.2, 0) is 34.1 Å². The predicted octanol–water partition coefficient (Wildman–Crippen LogP) is 4.71. The summed E-state index contributed by atoms with van der Waals surface area (Å²) in [4.78, 5) is 27.5. The number of amides is 1. The quantitative estimate of drug-likeness (QED) is 0.207. The maximum absolute atomic E-state index is 12.9. The third kappa shape index (κ3) is 8.12. The molecule has 0 aliphatic carbocycles. The van der Waals surface area contributed by atoms with Crippen LogP contribution in [-0.4, -0.2) is 107 Å². The molecule has 16 heteroatoms. The average Bonchev–Trinajstić information content (AvgIpc) is 3.61. The predicted molar refractivity (Wildman–Crippen MR) is 187 cm³/mol. The van der Waals surface area contributed by atoms with Crippen molar-refractivity contribution in [3.63, 3.8) is 0 Å². The highest BCUT2D eigenvalue weighted by Crippen LogP contribution is 2.33. The molecule has 2 aliphatic rings. The number of hydrogen-bond acceptors (Lipinski definition) is 10. The molecule has 2 fully saturated rings. The molecule has 1 N–H and O–H groups in total. The molecule has 0 bridgehead atoms. The lowest BCUT2D eigenvalue weighted by Crippen LogP contribution is -2.61. The third-order valence-corrected chi connectivity index (χ3v) is 11.3. The molecule has 2 saturated heterocycles. The minimum atomic E-state index is -4.28. The zero-order valence-corrected chi connectivity index (χ0v) is 29.5. The minimum Gasteiger partial charge on any atom is -0.367 e. The van der Waals surface area contributed by atoms with Crippen LogP contribution in [0.15, 0.2) is 43.2 Å². The number of thiophene rings is 1. The van der Waals surface area contributed by atoms with Gasteiger partial charge in [0.15, 0.2) is 9.84 Å². The second-order valence-corrected chi connectivity index (χ2v) is 16.4. The number of nitrogens with one attached hydrogen (secondary N) is 1. The fourth-order valence-corrected chi connectivity index (χ4v) is 8.75. The normalized spacial score (nSPS) is 16.8. The van der Waals surface area contributed by atoms with Crippen LogP contribution in [0.2, 0.25) is 0 Å². The molecule has 2 aliphatic heterocycles. The number of halogens is 3. The van der Waals surface area contributed by atoms with Crippen LogP contribution in [0.5, 0.6) is 0 Å². The van der Waals surface area contributed by atoms with E-state index < -0.39 is 28.3 Å². The topological polar surface area (TPSA) is 127 Å². The molecule has 3 aromatic heterocycles. The van der Waals surface area contributed by atoms with E-state index in [9.17, 15) is 31.6 Å². The van der Waals surface area contributed by atoms with Gasteiger partial charge in [-0.2, -0.15) is 18.4 Å². The lowest BCUT2D eigenvalue weighted by molar-refractivity contribution is -0.130. The summed E-state index contributed by atoms with van der Waals surface area (Å²) in [6, 6.07) is 9.93. The van der Waals surface area contributed by atoms with E-state index in [0.29, 0.717) is 47.9 Å². The number of likely N-dealkylation sites (tertiary alicyclic amines) is 2. The van der Waals surface area contributed by atoms with Gasteiger partial charge in [-0.3, -0.25) is 14.6 Å².